The number of pyridine rings is 1. The number of carbonyl (C=O) groups is 1. The second-order valence-corrected chi connectivity index (χ2v) is 5.44. The fourth-order valence-corrected chi connectivity index (χ4v) is 2.55. The van der Waals surface area contributed by atoms with Crippen molar-refractivity contribution in [2.45, 2.75) is 13.2 Å². The highest BCUT2D eigenvalue weighted by molar-refractivity contribution is 6.01. The maximum absolute atomic E-state index is 12.5. The van der Waals surface area contributed by atoms with Crippen LogP contribution in [-0.2, 0) is 22.7 Å². The summed E-state index contributed by atoms with van der Waals surface area (Å²) in [5, 5.41) is 0.763. The number of esters is 1. The minimum Gasteiger partial charge on any atom is -0.458 e. The molecular weight excluding hydrogens is 322 g/mol. The van der Waals surface area contributed by atoms with E-state index >= 15 is 0 Å². The van der Waals surface area contributed by atoms with E-state index in [0.29, 0.717) is 16.8 Å². The highest BCUT2D eigenvalue weighted by Gasteiger charge is 2.15. The van der Waals surface area contributed by atoms with Crippen molar-refractivity contribution in [1.82, 2.24) is 14.5 Å². The van der Waals surface area contributed by atoms with Gasteiger partial charge in [-0.25, -0.2) is 4.98 Å². The number of carbonyl (C=O) groups excluding carboxylic acids is 1. The Kier molecular flexibility index (Phi) is 3.74. The molecule has 1 aromatic carbocycles. The van der Waals surface area contributed by atoms with Crippen molar-refractivity contribution in [3.05, 3.63) is 71.0 Å². The molecule has 0 saturated heterocycles. The lowest BCUT2D eigenvalue weighted by Gasteiger charge is -2.06. The Bertz CT molecular complexity index is 1120. The molecule has 0 aliphatic heterocycles. The van der Waals surface area contributed by atoms with Crippen LogP contribution in [0.5, 0.6) is 0 Å². The molecule has 0 amide bonds. The summed E-state index contributed by atoms with van der Waals surface area (Å²) < 4.78 is 11.9. The number of aromatic nitrogens is 3. The summed E-state index contributed by atoms with van der Waals surface area (Å²) in [4.78, 5) is 32.8. The number of furan rings is 1. The van der Waals surface area contributed by atoms with Gasteiger partial charge in [0.2, 0.25) is 5.58 Å². The zero-order valence-corrected chi connectivity index (χ0v) is 13.1. The fraction of sp³-hybridized carbons (Fsp3) is 0.111. The van der Waals surface area contributed by atoms with Gasteiger partial charge in [-0.1, -0.05) is 18.2 Å². The summed E-state index contributed by atoms with van der Waals surface area (Å²) in [6, 6.07) is 12.6. The van der Waals surface area contributed by atoms with Gasteiger partial charge in [-0.15, -0.1) is 0 Å². The first-order valence-electron chi connectivity index (χ1n) is 7.64. The average Bonchev–Trinajstić information content (AvgIpc) is 3.03. The summed E-state index contributed by atoms with van der Waals surface area (Å²) >= 11 is 0. The molecule has 25 heavy (non-hydrogen) atoms. The van der Waals surface area contributed by atoms with Crippen LogP contribution in [0.15, 0.2) is 64.2 Å². The molecule has 3 heterocycles. The maximum atomic E-state index is 12.5. The van der Waals surface area contributed by atoms with Crippen LogP contribution in [0.1, 0.15) is 5.69 Å². The lowest BCUT2D eigenvalue weighted by atomic mass is 10.2. The Morgan fingerprint density at radius 3 is 2.80 bits per heavy atom. The van der Waals surface area contributed by atoms with Crippen LogP contribution in [-0.4, -0.2) is 20.5 Å². The van der Waals surface area contributed by atoms with Crippen LogP contribution in [0.2, 0.25) is 0 Å². The van der Waals surface area contributed by atoms with Crippen molar-refractivity contribution < 1.29 is 13.9 Å². The van der Waals surface area contributed by atoms with Gasteiger partial charge in [0.05, 0.1) is 12.0 Å². The lowest BCUT2D eigenvalue weighted by Crippen LogP contribution is -2.25. The number of fused-ring (bicyclic) bond motifs is 3. The molecule has 0 fully saturated rings. The molecule has 0 aliphatic carbocycles. The summed E-state index contributed by atoms with van der Waals surface area (Å²) in [5.41, 5.74) is 1.41. The van der Waals surface area contributed by atoms with Gasteiger partial charge in [0.15, 0.2) is 0 Å². The van der Waals surface area contributed by atoms with Crippen molar-refractivity contribution in [2.24, 2.45) is 0 Å². The Morgan fingerprint density at radius 2 is 1.96 bits per heavy atom. The topological polar surface area (TPSA) is 87.2 Å². The molecule has 4 aromatic rings. The average molecular weight is 335 g/mol. The predicted molar refractivity (Wildman–Crippen MR) is 89.8 cm³/mol. The number of ether oxygens (including phenoxy) is 1. The molecule has 124 valence electrons. The van der Waals surface area contributed by atoms with Crippen molar-refractivity contribution in [3.8, 4) is 0 Å². The summed E-state index contributed by atoms with van der Waals surface area (Å²) in [6.45, 7) is -0.194. The molecule has 0 spiro atoms. The van der Waals surface area contributed by atoms with Crippen LogP contribution >= 0.6 is 0 Å². The minimum atomic E-state index is -0.551. The van der Waals surface area contributed by atoms with Gasteiger partial charge in [0, 0.05) is 11.6 Å². The second-order valence-electron chi connectivity index (χ2n) is 5.44. The first kappa shape index (κ1) is 15.1. The largest absolute Gasteiger partial charge is 0.458 e. The number of hydrogen-bond acceptors (Lipinski definition) is 6. The molecule has 7 nitrogen and oxygen atoms in total. The number of para-hydroxylation sites is 1. The SMILES string of the molecule is O=C(Cn1cnc2c(oc3ccccc32)c1=O)OCc1ccccn1. The number of hydrogen-bond donors (Lipinski definition) is 0. The highest BCUT2D eigenvalue weighted by Crippen LogP contribution is 2.23. The molecule has 4 rings (SSSR count). The third kappa shape index (κ3) is 2.87. The van der Waals surface area contributed by atoms with E-state index in [2.05, 4.69) is 9.97 Å². The van der Waals surface area contributed by atoms with Crippen LogP contribution in [0.3, 0.4) is 0 Å². The third-order valence-electron chi connectivity index (χ3n) is 3.76. The van der Waals surface area contributed by atoms with Gasteiger partial charge in [-0.05, 0) is 24.3 Å². The Morgan fingerprint density at radius 1 is 1.12 bits per heavy atom. The molecule has 7 heteroatoms. The van der Waals surface area contributed by atoms with E-state index in [9.17, 15) is 9.59 Å². The smallest absolute Gasteiger partial charge is 0.326 e. The lowest BCUT2D eigenvalue weighted by molar-refractivity contribution is -0.145. The summed E-state index contributed by atoms with van der Waals surface area (Å²) in [5.74, 6) is -0.551. The predicted octanol–water partition coefficient (Wildman–Crippen LogP) is 2.28. The number of nitrogens with zero attached hydrogens (tertiary/aromatic N) is 3. The quantitative estimate of drug-likeness (QED) is 0.532. The van der Waals surface area contributed by atoms with E-state index < -0.39 is 11.5 Å². The minimum absolute atomic E-state index is 0.0503. The molecule has 0 bridgehead atoms. The van der Waals surface area contributed by atoms with E-state index in [1.54, 1.807) is 30.5 Å². The molecule has 0 radical (unpaired) electrons. The molecule has 0 atom stereocenters. The van der Waals surface area contributed by atoms with Crippen molar-refractivity contribution in [2.75, 3.05) is 0 Å². The van der Waals surface area contributed by atoms with Gasteiger partial charge in [-0.2, -0.15) is 0 Å². The van der Waals surface area contributed by atoms with E-state index in [0.717, 1.165) is 5.39 Å². The Labute approximate surface area is 141 Å². The van der Waals surface area contributed by atoms with Crippen molar-refractivity contribution in [3.63, 3.8) is 0 Å². The molecule has 0 saturated carbocycles. The first-order valence-corrected chi connectivity index (χ1v) is 7.64. The van der Waals surface area contributed by atoms with Gasteiger partial charge in [-0.3, -0.25) is 19.1 Å². The van der Waals surface area contributed by atoms with E-state index in [1.807, 2.05) is 18.2 Å². The second kappa shape index (κ2) is 6.20. The number of benzene rings is 1. The van der Waals surface area contributed by atoms with Crippen LogP contribution in [0.25, 0.3) is 22.1 Å². The van der Waals surface area contributed by atoms with E-state index in [-0.39, 0.29) is 18.7 Å². The highest BCUT2D eigenvalue weighted by atomic mass is 16.5. The molecule has 0 aliphatic rings. The van der Waals surface area contributed by atoms with Gasteiger partial charge in [0.1, 0.15) is 24.3 Å². The molecule has 0 unspecified atom stereocenters. The monoisotopic (exact) mass is 335 g/mol. The molecular formula is C18H13N3O4. The van der Waals surface area contributed by atoms with E-state index in [4.69, 9.17) is 9.15 Å². The normalized spacial score (nSPS) is 11.0. The van der Waals surface area contributed by atoms with Crippen LogP contribution in [0.4, 0.5) is 0 Å². The Hall–Kier alpha value is -3.48. The first-order chi connectivity index (χ1) is 12.2. The van der Waals surface area contributed by atoms with Crippen molar-refractivity contribution >= 4 is 28.0 Å². The third-order valence-corrected chi connectivity index (χ3v) is 3.76. The summed E-state index contributed by atoms with van der Waals surface area (Å²) in [7, 11) is 0. The van der Waals surface area contributed by atoms with E-state index in [1.165, 1.54) is 10.9 Å². The Balaban J connectivity index is 1.57. The van der Waals surface area contributed by atoms with Crippen LogP contribution in [0, 0.1) is 0 Å². The van der Waals surface area contributed by atoms with Gasteiger partial charge < -0.3 is 9.15 Å². The molecule has 3 aromatic heterocycles. The van der Waals surface area contributed by atoms with Crippen LogP contribution < -0.4 is 5.56 Å². The fourth-order valence-electron chi connectivity index (χ4n) is 2.55. The van der Waals surface area contributed by atoms with Gasteiger partial charge >= 0.3 is 5.97 Å². The zero-order chi connectivity index (χ0) is 17.2. The standard InChI is InChI=1S/C18H13N3O4/c22-15(24-10-12-5-3-4-8-19-12)9-21-11-20-16-13-6-1-2-7-14(13)25-17(16)18(21)23/h1-8,11H,9-10H2. The number of rotatable bonds is 4. The molecule has 0 N–H and O–H groups in total. The van der Waals surface area contributed by atoms with Crippen molar-refractivity contribution in [1.29, 1.82) is 0 Å². The zero-order valence-electron chi connectivity index (χ0n) is 13.1. The van der Waals surface area contributed by atoms with Gasteiger partial charge in [0.25, 0.3) is 5.56 Å². The summed E-state index contributed by atoms with van der Waals surface area (Å²) in [6.07, 6.45) is 2.95. The maximum Gasteiger partial charge on any atom is 0.326 e.